The normalized spacial score (nSPS) is 14.3. The lowest BCUT2D eigenvalue weighted by Crippen LogP contribution is -2.25. The Balaban J connectivity index is 1.59. The molecule has 1 aliphatic rings. The van der Waals surface area contributed by atoms with Gasteiger partial charge in [0.05, 0.1) is 22.9 Å². The molecule has 4 heterocycles. The molecule has 0 saturated carbocycles. The first-order valence-electron chi connectivity index (χ1n) is 7.83. The lowest BCUT2D eigenvalue weighted by Gasteiger charge is -2.12. The second kappa shape index (κ2) is 6.14. The van der Waals surface area contributed by atoms with Crippen LogP contribution in [0.3, 0.4) is 0 Å². The molecule has 5 nitrogen and oxygen atoms in total. The van der Waals surface area contributed by atoms with Gasteiger partial charge in [0.1, 0.15) is 4.83 Å². The molecule has 0 atom stereocenters. The number of thiophene rings is 1. The third-order valence-corrected chi connectivity index (χ3v) is 6.48. The maximum atomic E-state index is 12.8. The maximum absolute atomic E-state index is 12.8. The van der Waals surface area contributed by atoms with Crippen LogP contribution in [0.5, 0.6) is 0 Å². The van der Waals surface area contributed by atoms with Crippen molar-refractivity contribution in [1.29, 1.82) is 0 Å². The van der Waals surface area contributed by atoms with Crippen LogP contribution in [0.25, 0.3) is 10.2 Å². The molecular formula is C16H18N4OS2. The van der Waals surface area contributed by atoms with Gasteiger partial charge in [-0.1, -0.05) is 0 Å². The molecule has 7 heteroatoms. The van der Waals surface area contributed by atoms with Crippen LogP contribution in [-0.4, -0.2) is 21.1 Å². The number of aryl methyl sites for hydroxylation is 3. The molecule has 0 unspecified atom stereocenters. The van der Waals surface area contributed by atoms with Crippen molar-refractivity contribution >= 4 is 32.9 Å². The Labute approximate surface area is 142 Å². The molecule has 3 aromatic rings. The summed E-state index contributed by atoms with van der Waals surface area (Å²) in [6.07, 6.45) is 4.53. The van der Waals surface area contributed by atoms with Crippen LogP contribution in [0.2, 0.25) is 0 Å². The summed E-state index contributed by atoms with van der Waals surface area (Å²) in [6, 6.07) is 0. The molecule has 0 amide bonds. The number of nitrogens with zero attached hydrogens (tertiary/aromatic N) is 3. The third kappa shape index (κ3) is 2.73. The Hall–Kier alpha value is -1.57. The van der Waals surface area contributed by atoms with Crippen LogP contribution >= 0.6 is 22.7 Å². The molecule has 1 aliphatic heterocycles. The highest BCUT2D eigenvalue weighted by Gasteiger charge is 2.19. The number of fused-ring (bicyclic) bond motifs is 3. The van der Waals surface area contributed by atoms with E-state index in [0.717, 1.165) is 48.3 Å². The van der Waals surface area contributed by atoms with Gasteiger partial charge >= 0.3 is 0 Å². The molecule has 0 radical (unpaired) electrons. The second-order valence-corrected chi connectivity index (χ2v) is 7.84. The van der Waals surface area contributed by atoms with Crippen molar-refractivity contribution in [3.05, 3.63) is 43.2 Å². The minimum atomic E-state index is 0.121. The van der Waals surface area contributed by atoms with E-state index >= 15 is 0 Å². The second-order valence-electron chi connectivity index (χ2n) is 5.82. The summed E-state index contributed by atoms with van der Waals surface area (Å²) < 4.78 is 1.77. The zero-order chi connectivity index (χ0) is 15.8. The lowest BCUT2D eigenvalue weighted by molar-refractivity contribution is 0.617. The van der Waals surface area contributed by atoms with Crippen molar-refractivity contribution in [3.8, 4) is 0 Å². The van der Waals surface area contributed by atoms with Crippen molar-refractivity contribution < 1.29 is 0 Å². The molecule has 0 aliphatic carbocycles. The minimum Gasteiger partial charge on any atom is -0.312 e. The predicted molar refractivity (Wildman–Crippen MR) is 94.5 cm³/mol. The molecule has 23 heavy (non-hydrogen) atoms. The number of thiazole rings is 1. The highest BCUT2D eigenvalue weighted by atomic mass is 32.1. The van der Waals surface area contributed by atoms with Crippen molar-refractivity contribution in [3.63, 3.8) is 0 Å². The SMILES string of the molecule is Cc1ncsc1CCCn1cnc2sc3c(c2c1=O)CCNC3. The molecule has 4 rings (SSSR count). The maximum Gasteiger partial charge on any atom is 0.262 e. The smallest absolute Gasteiger partial charge is 0.262 e. The zero-order valence-corrected chi connectivity index (χ0v) is 14.6. The van der Waals surface area contributed by atoms with E-state index in [2.05, 4.69) is 15.3 Å². The number of nitrogens with one attached hydrogen (secondary N) is 1. The first kappa shape index (κ1) is 15.0. The van der Waals surface area contributed by atoms with E-state index in [0.29, 0.717) is 6.54 Å². The van der Waals surface area contributed by atoms with E-state index in [4.69, 9.17) is 0 Å². The highest BCUT2D eigenvalue weighted by Crippen LogP contribution is 2.29. The summed E-state index contributed by atoms with van der Waals surface area (Å²) in [7, 11) is 0. The van der Waals surface area contributed by atoms with E-state index in [1.165, 1.54) is 15.3 Å². The van der Waals surface area contributed by atoms with Crippen molar-refractivity contribution in [2.45, 2.75) is 39.3 Å². The lowest BCUT2D eigenvalue weighted by atomic mass is 10.1. The topological polar surface area (TPSA) is 59.8 Å². The van der Waals surface area contributed by atoms with Gasteiger partial charge in [-0.2, -0.15) is 0 Å². The Morgan fingerprint density at radius 2 is 2.30 bits per heavy atom. The fourth-order valence-electron chi connectivity index (χ4n) is 3.09. The summed E-state index contributed by atoms with van der Waals surface area (Å²) in [6.45, 7) is 4.55. The summed E-state index contributed by atoms with van der Waals surface area (Å²) in [4.78, 5) is 25.1. The molecule has 0 saturated heterocycles. The first-order chi connectivity index (χ1) is 11.2. The largest absolute Gasteiger partial charge is 0.312 e. The number of hydrogen-bond donors (Lipinski definition) is 1. The Bertz CT molecular complexity index is 909. The fraction of sp³-hybridized carbons (Fsp3) is 0.438. The average Bonchev–Trinajstić information content (AvgIpc) is 3.13. The van der Waals surface area contributed by atoms with Gasteiger partial charge in [-0.05, 0) is 38.3 Å². The highest BCUT2D eigenvalue weighted by molar-refractivity contribution is 7.18. The van der Waals surface area contributed by atoms with Crippen molar-refractivity contribution in [2.75, 3.05) is 6.54 Å². The van der Waals surface area contributed by atoms with E-state index in [9.17, 15) is 4.79 Å². The predicted octanol–water partition coefficient (Wildman–Crippen LogP) is 2.50. The standard InChI is InChI=1S/C16H18N4OS2/c1-10-12(22-9-19-10)3-2-6-20-8-18-15-14(16(20)21)11-4-5-17-7-13(11)23-15/h8-9,17H,2-7H2,1H3. The minimum absolute atomic E-state index is 0.121. The van der Waals surface area contributed by atoms with Crippen LogP contribution in [0.15, 0.2) is 16.6 Å². The van der Waals surface area contributed by atoms with Crippen molar-refractivity contribution in [2.24, 2.45) is 0 Å². The molecule has 0 spiro atoms. The summed E-state index contributed by atoms with van der Waals surface area (Å²) in [5.41, 5.74) is 4.33. The van der Waals surface area contributed by atoms with Crippen molar-refractivity contribution in [1.82, 2.24) is 19.9 Å². The van der Waals surface area contributed by atoms with Gasteiger partial charge in [0.15, 0.2) is 0 Å². The van der Waals surface area contributed by atoms with Gasteiger partial charge < -0.3 is 5.32 Å². The first-order valence-corrected chi connectivity index (χ1v) is 9.53. The number of hydrogen-bond acceptors (Lipinski definition) is 6. The van der Waals surface area contributed by atoms with Gasteiger partial charge in [-0.3, -0.25) is 9.36 Å². The van der Waals surface area contributed by atoms with Gasteiger partial charge in [-0.25, -0.2) is 9.97 Å². The summed E-state index contributed by atoms with van der Waals surface area (Å²) in [5, 5.41) is 4.21. The van der Waals surface area contributed by atoms with E-state index in [-0.39, 0.29) is 5.56 Å². The quantitative estimate of drug-likeness (QED) is 0.788. The summed E-state index contributed by atoms with van der Waals surface area (Å²) in [5.74, 6) is 0. The molecule has 0 fully saturated rings. The zero-order valence-electron chi connectivity index (χ0n) is 13.0. The molecule has 3 aromatic heterocycles. The van der Waals surface area contributed by atoms with Crippen LogP contribution in [-0.2, 0) is 25.9 Å². The molecule has 1 N–H and O–H groups in total. The Morgan fingerprint density at radius 3 is 3.13 bits per heavy atom. The molecule has 0 bridgehead atoms. The van der Waals surface area contributed by atoms with Gasteiger partial charge in [-0.15, -0.1) is 22.7 Å². The fourth-order valence-corrected chi connectivity index (χ4v) is 5.06. The van der Waals surface area contributed by atoms with E-state index in [1.54, 1.807) is 33.6 Å². The monoisotopic (exact) mass is 346 g/mol. The van der Waals surface area contributed by atoms with Crippen LogP contribution in [0.1, 0.15) is 27.4 Å². The van der Waals surface area contributed by atoms with Gasteiger partial charge in [0, 0.05) is 22.8 Å². The average molecular weight is 346 g/mol. The van der Waals surface area contributed by atoms with Gasteiger partial charge in [0.2, 0.25) is 0 Å². The molecular weight excluding hydrogens is 328 g/mol. The van der Waals surface area contributed by atoms with Crippen LogP contribution < -0.4 is 10.9 Å². The van der Waals surface area contributed by atoms with E-state index < -0.39 is 0 Å². The van der Waals surface area contributed by atoms with Crippen LogP contribution in [0, 0.1) is 6.92 Å². The summed E-state index contributed by atoms with van der Waals surface area (Å²) >= 11 is 3.34. The van der Waals surface area contributed by atoms with E-state index in [1.807, 2.05) is 12.4 Å². The Kier molecular flexibility index (Phi) is 4.00. The number of rotatable bonds is 4. The Morgan fingerprint density at radius 1 is 1.39 bits per heavy atom. The molecule has 120 valence electrons. The van der Waals surface area contributed by atoms with Gasteiger partial charge in [0.25, 0.3) is 5.56 Å². The van der Waals surface area contributed by atoms with Crippen LogP contribution in [0.4, 0.5) is 0 Å². The third-order valence-electron chi connectivity index (χ3n) is 4.35. The number of aromatic nitrogens is 3. The molecule has 0 aromatic carbocycles.